The summed E-state index contributed by atoms with van der Waals surface area (Å²) in [5.41, 5.74) is 0.854. The van der Waals surface area contributed by atoms with Crippen molar-refractivity contribution in [3.05, 3.63) is 53.5 Å². The normalized spacial score (nSPS) is 10.4. The van der Waals surface area contributed by atoms with Gasteiger partial charge in [-0.25, -0.2) is 14.6 Å². The molecule has 20 heavy (non-hydrogen) atoms. The summed E-state index contributed by atoms with van der Waals surface area (Å²) >= 11 is 5.93. The Kier molecular flexibility index (Phi) is 3.19. The fourth-order valence-corrected chi connectivity index (χ4v) is 1.91. The van der Waals surface area contributed by atoms with Gasteiger partial charge in [-0.2, -0.15) is 5.26 Å². The van der Waals surface area contributed by atoms with Gasteiger partial charge in [0.15, 0.2) is 5.76 Å². The van der Waals surface area contributed by atoms with Crippen LogP contribution < -0.4 is 0 Å². The highest BCUT2D eigenvalue weighted by Gasteiger charge is 2.08. The molecule has 0 amide bonds. The fourth-order valence-electron chi connectivity index (χ4n) is 1.72. The molecule has 0 spiro atoms. The van der Waals surface area contributed by atoms with E-state index in [4.69, 9.17) is 21.3 Å². The minimum absolute atomic E-state index is 0.117. The van der Waals surface area contributed by atoms with Crippen molar-refractivity contribution >= 4 is 11.6 Å². The summed E-state index contributed by atoms with van der Waals surface area (Å²) in [5, 5.41) is 13.2. The Morgan fingerprint density at radius 2 is 2.25 bits per heavy atom. The fraction of sp³-hybridized carbons (Fsp3) is 0.0769. The largest absolute Gasteiger partial charge is 0.439 e. The molecule has 0 radical (unpaired) electrons. The maximum absolute atomic E-state index is 8.66. The molecule has 0 bridgehead atoms. The van der Waals surface area contributed by atoms with E-state index < -0.39 is 0 Å². The Balaban J connectivity index is 1.82. The third kappa shape index (κ3) is 2.53. The molecule has 0 aliphatic carbocycles. The number of hydrogen-bond donors (Lipinski definition) is 0. The van der Waals surface area contributed by atoms with E-state index in [9.17, 15) is 0 Å². The van der Waals surface area contributed by atoms with Gasteiger partial charge in [-0.15, -0.1) is 5.10 Å². The van der Waals surface area contributed by atoms with Crippen LogP contribution in [0.15, 0.2) is 41.2 Å². The van der Waals surface area contributed by atoms with Gasteiger partial charge in [0, 0.05) is 10.6 Å². The van der Waals surface area contributed by atoms with Crippen molar-refractivity contribution < 1.29 is 4.42 Å². The maximum Gasteiger partial charge on any atom is 0.252 e. The summed E-state index contributed by atoms with van der Waals surface area (Å²) < 4.78 is 7.12. The van der Waals surface area contributed by atoms with Gasteiger partial charge in [0.05, 0.1) is 6.20 Å². The molecule has 0 aliphatic heterocycles. The van der Waals surface area contributed by atoms with Gasteiger partial charge in [0.1, 0.15) is 18.9 Å². The number of benzene rings is 1. The topological polar surface area (TPSA) is 80.5 Å². The lowest BCUT2D eigenvalue weighted by atomic mass is 10.2. The molecule has 6 nitrogen and oxygen atoms in total. The Bertz CT molecular complexity index is 786. The second-order valence-corrected chi connectivity index (χ2v) is 4.44. The third-order valence-electron chi connectivity index (χ3n) is 2.60. The maximum atomic E-state index is 8.66. The smallest absolute Gasteiger partial charge is 0.252 e. The van der Waals surface area contributed by atoms with Crippen LogP contribution in [0, 0.1) is 11.3 Å². The van der Waals surface area contributed by atoms with Gasteiger partial charge in [-0.1, -0.05) is 23.7 Å². The Labute approximate surface area is 119 Å². The van der Waals surface area contributed by atoms with Crippen LogP contribution in [0.25, 0.3) is 11.3 Å². The average molecular weight is 286 g/mol. The molecular weight excluding hydrogens is 278 g/mol. The summed E-state index contributed by atoms with van der Waals surface area (Å²) in [6, 6.07) is 9.19. The summed E-state index contributed by atoms with van der Waals surface area (Å²) in [6.07, 6.45) is 3.09. The highest BCUT2D eigenvalue weighted by molar-refractivity contribution is 6.30. The Morgan fingerprint density at radius 3 is 3.00 bits per heavy atom. The Morgan fingerprint density at radius 1 is 1.35 bits per heavy atom. The van der Waals surface area contributed by atoms with Gasteiger partial charge in [-0.3, -0.25) is 0 Å². The standard InChI is InChI=1S/C13H8ClN5O/c14-10-3-1-2-9(4-10)11-6-16-13(20-11)7-19-8-17-12(5-15)18-19/h1-4,6,8H,7H2. The first-order valence-electron chi connectivity index (χ1n) is 5.75. The first kappa shape index (κ1) is 12.4. The minimum Gasteiger partial charge on any atom is -0.439 e. The second kappa shape index (κ2) is 5.15. The quantitative estimate of drug-likeness (QED) is 0.738. The molecular formula is C13H8ClN5O. The molecule has 0 fully saturated rings. The lowest BCUT2D eigenvalue weighted by Gasteiger charge is -1.97. The number of aromatic nitrogens is 4. The number of oxazole rings is 1. The van der Waals surface area contributed by atoms with Crippen LogP contribution in [-0.2, 0) is 6.54 Å². The molecule has 0 aliphatic rings. The highest BCUT2D eigenvalue weighted by atomic mass is 35.5. The molecule has 1 aromatic carbocycles. The van der Waals surface area contributed by atoms with Crippen LogP contribution in [0.3, 0.4) is 0 Å². The number of halogens is 1. The van der Waals surface area contributed by atoms with Gasteiger partial charge < -0.3 is 4.42 Å². The second-order valence-electron chi connectivity index (χ2n) is 4.01. The zero-order valence-corrected chi connectivity index (χ0v) is 10.9. The lowest BCUT2D eigenvalue weighted by molar-refractivity contribution is 0.473. The van der Waals surface area contributed by atoms with Crippen molar-refractivity contribution in [2.24, 2.45) is 0 Å². The third-order valence-corrected chi connectivity index (χ3v) is 2.83. The number of nitrogens with zero attached hydrogens (tertiary/aromatic N) is 5. The Hall–Kier alpha value is -2.65. The molecule has 98 valence electrons. The van der Waals surface area contributed by atoms with Crippen molar-refractivity contribution in [2.75, 3.05) is 0 Å². The number of nitriles is 1. The first-order valence-corrected chi connectivity index (χ1v) is 6.12. The van der Waals surface area contributed by atoms with E-state index in [1.165, 1.54) is 11.0 Å². The molecule has 3 aromatic rings. The molecule has 0 N–H and O–H groups in total. The van der Waals surface area contributed by atoms with Crippen molar-refractivity contribution in [2.45, 2.75) is 6.54 Å². The van der Waals surface area contributed by atoms with Crippen LogP contribution in [0.4, 0.5) is 0 Å². The highest BCUT2D eigenvalue weighted by Crippen LogP contribution is 2.23. The van der Waals surface area contributed by atoms with Gasteiger partial charge in [0.25, 0.3) is 5.82 Å². The van der Waals surface area contributed by atoms with E-state index in [0.29, 0.717) is 23.2 Å². The van der Waals surface area contributed by atoms with E-state index >= 15 is 0 Å². The van der Waals surface area contributed by atoms with Crippen molar-refractivity contribution in [3.63, 3.8) is 0 Å². The molecule has 0 unspecified atom stereocenters. The van der Waals surface area contributed by atoms with Crippen LogP contribution >= 0.6 is 11.6 Å². The zero-order chi connectivity index (χ0) is 13.9. The van der Waals surface area contributed by atoms with Gasteiger partial charge >= 0.3 is 0 Å². The zero-order valence-electron chi connectivity index (χ0n) is 10.2. The van der Waals surface area contributed by atoms with Crippen molar-refractivity contribution in [1.82, 2.24) is 19.7 Å². The molecule has 0 saturated carbocycles. The summed E-state index contributed by atoms with van der Waals surface area (Å²) in [6.45, 7) is 0.315. The summed E-state index contributed by atoms with van der Waals surface area (Å²) in [7, 11) is 0. The van der Waals surface area contributed by atoms with Crippen LogP contribution in [0.1, 0.15) is 11.7 Å². The number of hydrogen-bond acceptors (Lipinski definition) is 5. The van der Waals surface area contributed by atoms with E-state index in [-0.39, 0.29) is 5.82 Å². The predicted octanol–water partition coefficient (Wildman–Crippen LogP) is 2.51. The van der Waals surface area contributed by atoms with E-state index in [1.54, 1.807) is 18.3 Å². The molecule has 3 rings (SSSR count). The number of rotatable bonds is 3. The van der Waals surface area contributed by atoms with Crippen LogP contribution in [-0.4, -0.2) is 19.7 Å². The molecule has 2 heterocycles. The van der Waals surface area contributed by atoms with E-state index in [0.717, 1.165) is 5.56 Å². The van der Waals surface area contributed by atoms with Gasteiger partial charge in [0.2, 0.25) is 5.89 Å². The first-order chi connectivity index (χ1) is 9.74. The minimum atomic E-state index is 0.117. The van der Waals surface area contributed by atoms with Gasteiger partial charge in [-0.05, 0) is 12.1 Å². The predicted molar refractivity (Wildman–Crippen MR) is 70.8 cm³/mol. The molecule has 2 aromatic heterocycles. The van der Waals surface area contributed by atoms with Crippen molar-refractivity contribution in [3.8, 4) is 17.4 Å². The molecule has 0 atom stereocenters. The summed E-state index contributed by atoms with van der Waals surface area (Å²) in [4.78, 5) is 7.98. The van der Waals surface area contributed by atoms with Crippen LogP contribution in [0.2, 0.25) is 5.02 Å². The van der Waals surface area contributed by atoms with Crippen LogP contribution in [0.5, 0.6) is 0 Å². The molecule has 7 heteroatoms. The van der Waals surface area contributed by atoms with E-state index in [1.807, 2.05) is 18.2 Å². The van der Waals surface area contributed by atoms with Crippen molar-refractivity contribution in [1.29, 1.82) is 5.26 Å². The summed E-state index contributed by atoms with van der Waals surface area (Å²) in [5.74, 6) is 1.23. The SMILES string of the molecule is N#Cc1ncn(Cc2ncc(-c3cccc(Cl)c3)o2)n1. The monoisotopic (exact) mass is 285 g/mol. The average Bonchev–Trinajstić information content (AvgIpc) is 3.08. The van der Waals surface area contributed by atoms with E-state index in [2.05, 4.69) is 15.1 Å². The molecule has 0 saturated heterocycles. The lowest BCUT2D eigenvalue weighted by Crippen LogP contribution is -2.00.